The molecule has 45 heavy (non-hydrogen) atoms. The van der Waals surface area contributed by atoms with E-state index in [2.05, 4.69) is 21.2 Å². The molecule has 1 aliphatic heterocycles. The van der Waals surface area contributed by atoms with Gasteiger partial charge in [-0.1, -0.05) is 41.9 Å². The largest absolute Gasteiger partial charge is 0.490 e. The minimum Gasteiger partial charge on any atom is -0.490 e. The number of rotatable bonds is 13. The van der Waals surface area contributed by atoms with Gasteiger partial charge in [0.15, 0.2) is 23.2 Å². The normalized spacial score (nSPS) is 14.4. The van der Waals surface area contributed by atoms with Gasteiger partial charge in [-0.25, -0.2) is 14.6 Å². The lowest BCUT2D eigenvalue weighted by Crippen LogP contribution is -2.45. The molecule has 4 rings (SSSR count). The van der Waals surface area contributed by atoms with E-state index in [0.29, 0.717) is 56.9 Å². The third kappa shape index (κ3) is 8.93. The van der Waals surface area contributed by atoms with E-state index in [0.717, 1.165) is 0 Å². The summed E-state index contributed by atoms with van der Waals surface area (Å²) >= 11 is 11.8. The van der Waals surface area contributed by atoms with Gasteiger partial charge in [0, 0.05) is 11.3 Å². The van der Waals surface area contributed by atoms with Gasteiger partial charge in [-0.05, 0) is 74.4 Å². The van der Waals surface area contributed by atoms with Crippen molar-refractivity contribution in [3.05, 3.63) is 99.5 Å². The summed E-state index contributed by atoms with van der Waals surface area (Å²) in [7, 11) is 0. The number of thiocarbonyl (C=S) groups is 1. The lowest BCUT2D eigenvalue weighted by molar-refractivity contribution is -0.139. The summed E-state index contributed by atoms with van der Waals surface area (Å²) in [4.78, 5) is 25.4. The molecule has 3 aromatic rings. The van der Waals surface area contributed by atoms with Crippen molar-refractivity contribution in [2.24, 2.45) is 5.10 Å². The zero-order chi connectivity index (χ0) is 32.3. The number of halogens is 2. The van der Waals surface area contributed by atoms with Gasteiger partial charge in [0.2, 0.25) is 0 Å². The third-order valence-electron chi connectivity index (χ3n) is 6.36. The fraction of sp³-hybridized carbons (Fsp3) is 0.250. The highest BCUT2D eigenvalue weighted by molar-refractivity contribution is 7.80. The van der Waals surface area contributed by atoms with Crippen LogP contribution in [0.1, 0.15) is 43.5 Å². The predicted octanol–water partition coefficient (Wildman–Crippen LogP) is 5.34. The Labute approximate surface area is 270 Å². The van der Waals surface area contributed by atoms with Crippen LogP contribution in [-0.2, 0) is 20.9 Å². The maximum absolute atomic E-state index is 13.5. The molecule has 0 aliphatic carbocycles. The Balaban J connectivity index is 1.41. The maximum atomic E-state index is 13.5. The first-order valence-corrected chi connectivity index (χ1v) is 14.8. The molecular weight excluding hydrogens is 623 g/mol. The van der Waals surface area contributed by atoms with E-state index in [9.17, 15) is 14.0 Å². The predicted molar refractivity (Wildman–Crippen MR) is 172 cm³/mol. The fourth-order valence-electron chi connectivity index (χ4n) is 4.46. The van der Waals surface area contributed by atoms with Crippen LogP contribution in [0.2, 0.25) is 5.02 Å². The highest BCUT2D eigenvalue weighted by atomic mass is 35.5. The van der Waals surface area contributed by atoms with Crippen LogP contribution < -0.4 is 30.3 Å². The molecule has 0 saturated heterocycles. The molecule has 0 saturated carbocycles. The molecule has 13 heteroatoms. The second-order valence-electron chi connectivity index (χ2n) is 9.59. The Bertz CT molecular complexity index is 1630. The number of amides is 1. The van der Waals surface area contributed by atoms with Gasteiger partial charge in [0.25, 0.3) is 5.91 Å². The summed E-state index contributed by atoms with van der Waals surface area (Å²) in [5, 5.41) is 10.6. The summed E-state index contributed by atoms with van der Waals surface area (Å²) in [6.07, 6.45) is 1.40. The minimum absolute atomic E-state index is 0.0879. The number of allylic oxidation sites excluding steroid dienone is 1. The van der Waals surface area contributed by atoms with E-state index in [1.807, 2.05) is 6.92 Å². The van der Waals surface area contributed by atoms with Gasteiger partial charge >= 0.3 is 5.97 Å². The van der Waals surface area contributed by atoms with Crippen molar-refractivity contribution in [2.75, 3.05) is 19.8 Å². The van der Waals surface area contributed by atoms with Crippen LogP contribution in [0, 0.1) is 5.82 Å². The van der Waals surface area contributed by atoms with Crippen molar-refractivity contribution in [3.8, 4) is 17.2 Å². The molecule has 3 aromatic carbocycles. The van der Waals surface area contributed by atoms with Crippen molar-refractivity contribution in [2.45, 2.75) is 33.4 Å². The fourth-order valence-corrected chi connectivity index (χ4v) is 5.00. The number of nitrogens with zero attached hydrogens (tertiary/aromatic N) is 1. The standard InChI is InChI=1S/C32H32ClFN4O6S/c1-4-41-26-15-21(14-24(33)30(26)44-17-20-9-8-10-22(34)13-20)16-35-38-27(39)18-43-25-12-7-6-11-23(25)29-28(31(40)42-5-2)19(3)36-32(45)37-29/h6-16,29H,4-5,17-18H2,1-3H3,(H,38,39)(H2,36,37,45)/t29-/m1/s1. The number of carbonyl (C=O) groups is 2. The van der Waals surface area contributed by atoms with Gasteiger partial charge in [-0.15, -0.1) is 0 Å². The first-order chi connectivity index (χ1) is 21.7. The third-order valence-corrected chi connectivity index (χ3v) is 6.86. The van der Waals surface area contributed by atoms with E-state index >= 15 is 0 Å². The number of hydrogen-bond acceptors (Lipinski definition) is 8. The van der Waals surface area contributed by atoms with Crippen LogP contribution >= 0.6 is 23.8 Å². The molecule has 10 nitrogen and oxygen atoms in total. The molecule has 0 bridgehead atoms. The summed E-state index contributed by atoms with van der Waals surface area (Å²) in [6.45, 7) is 5.55. The van der Waals surface area contributed by atoms with E-state index in [1.165, 1.54) is 18.3 Å². The molecule has 0 spiro atoms. The van der Waals surface area contributed by atoms with E-state index in [-0.39, 0.29) is 30.7 Å². The summed E-state index contributed by atoms with van der Waals surface area (Å²) in [5.74, 6) is -0.353. The second-order valence-corrected chi connectivity index (χ2v) is 10.4. The van der Waals surface area contributed by atoms with Crippen LogP contribution in [-0.4, -0.2) is 43.0 Å². The average molecular weight is 655 g/mol. The quantitative estimate of drug-likeness (QED) is 0.0971. The Hall–Kier alpha value is -4.68. The van der Waals surface area contributed by atoms with Gasteiger partial charge in [-0.3, -0.25) is 4.79 Å². The molecule has 1 aliphatic rings. The van der Waals surface area contributed by atoms with Gasteiger partial charge in [0.05, 0.1) is 36.1 Å². The van der Waals surface area contributed by atoms with Crippen LogP contribution in [0.5, 0.6) is 17.2 Å². The highest BCUT2D eigenvalue weighted by Gasteiger charge is 2.32. The van der Waals surface area contributed by atoms with Crippen molar-refractivity contribution in [1.29, 1.82) is 0 Å². The smallest absolute Gasteiger partial charge is 0.338 e. The molecule has 0 radical (unpaired) electrons. The van der Waals surface area contributed by atoms with Crippen LogP contribution in [0.3, 0.4) is 0 Å². The summed E-state index contributed by atoms with van der Waals surface area (Å²) in [5.41, 5.74) is 5.10. The number of hydrogen-bond donors (Lipinski definition) is 3. The molecule has 0 aromatic heterocycles. The van der Waals surface area contributed by atoms with Crippen molar-refractivity contribution >= 4 is 47.0 Å². The number of hydrazone groups is 1. The zero-order valence-electron chi connectivity index (χ0n) is 24.8. The Morgan fingerprint density at radius 2 is 1.84 bits per heavy atom. The van der Waals surface area contributed by atoms with Crippen LogP contribution in [0.15, 0.2) is 77.0 Å². The minimum atomic E-state index is -0.653. The summed E-state index contributed by atoms with van der Waals surface area (Å²) in [6, 6.07) is 15.7. The maximum Gasteiger partial charge on any atom is 0.338 e. The number of benzene rings is 3. The van der Waals surface area contributed by atoms with Crippen molar-refractivity contribution in [3.63, 3.8) is 0 Å². The number of carbonyl (C=O) groups excluding carboxylic acids is 2. The lowest BCUT2D eigenvalue weighted by atomic mass is 9.95. The molecule has 0 unspecified atom stereocenters. The SMILES string of the molecule is CCOC(=O)C1=C(C)NC(=S)N[C@@H]1c1ccccc1OCC(=O)NN=Cc1cc(Cl)c(OCc2cccc(F)c2)c(OCC)c1. The monoisotopic (exact) mass is 654 g/mol. The second kappa shape index (κ2) is 15.9. The molecule has 1 heterocycles. The first-order valence-electron chi connectivity index (χ1n) is 14.0. The Morgan fingerprint density at radius 3 is 2.60 bits per heavy atom. The highest BCUT2D eigenvalue weighted by Crippen LogP contribution is 2.37. The molecule has 1 atom stereocenters. The number of para-hydroxylation sites is 1. The lowest BCUT2D eigenvalue weighted by Gasteiger charge is -2.30. The molecule has 236 valence electrons. The Morgan fingerprint density at radius 1 is 1.04 bits per heavy atom. The topological polar surface area (TPSA) is 120 Å². The first kappa shape index (κ1) is 33.2. The number of esters is 1. The van der Waals surface area contributed by atoms with Gasteiger partial charge < -0.3 is 29.6 Å². The van der Waals surface area contributed by atoms with Gasteiger partial charge in [0.1, 0.15) is 18.2 Å². The molecule has 3 N–H and O–H groups in total. The van der Waals surface area contributed by atoms with E-state index in [4.69, 9.17) is 42.8 Å². The summed E-state index contributed by atoms with van der Waals surface area (Å²) < 4.78 is 36.1. The zero-order valence-corrected chi connectivity index (χ0v) is 26.4. The van der Waals surface area contributed by atoms with Gasteiger partial charge in [-0.2, -0.15) is 5.10 Å². The molecule has 0 fully saturated rings. The number of ether oxygens (including phenoxy) is 4. The van der Waals surface area contributed by atoms with Crippen molar-refractivity contribution in [1.82, 2.24) is 16.1 Å². The van der Waals surface area contributed by atoms with E-state index < -0.39 is 17.9 Å². The molecule has 1 amide bonds. The number of nitrogens with one attached hydrogen (secondary N) is 3. The average Bonchev–Trinajstić information content (AvgIpc) is 2.99. The van der Waals surface area contributed by atoms with Crippen LogP contribution in [0.25, 0.3) is 0 Å². The Kier molecular flexibility index (Phi) is 11.7. The molecular formula is C32H32ClFN4O6S. The van der Waals surface area contributed by atoms with E-state index in [1.54, 1.807) is 62.4 Å². The van der Waals surface area contributed by atoms with Crippen molar-refractivity contribution < 1.29 is 32.9 Å². The van der Waals surface area contributed by atoms with Crippen LogP contribution in [0.4, 0.5) is 4.39 Å².